The lowest BCUT2D eigenvalue weighted by molar-refractivity contribution is -0.384. The van der Waals surface area contributed by atoms with Crippen LogP contribution in [0.3, 0.4) is 0 Å². The third-order valence-electron chi connectivity index (χ3n) is 5.99. The van der Waals surface area contributed by atoms with Crippen LogP contribution in [0.15, 0.2) is 45.1 Å². The van der Waals surface area contributed by atoms with Gasteiger partial charge in [-0.2, -0.15) is 0 Å². The number of aliphatic hydroxyl groups excluding tert-OH is 1. The number of allylic oxidation sites excluding steroid dienone is 2. The molecule has 0 radical (unpaired) electrons. The summed E-state index contributed by atoms with van der Waals surface area (Å²) in [5.74, 6) is 0.270. The van der Waals surface area contributed by atoms with Crippen molar-refractivity contribution < 1.29 is 24.1 Å². The first-order valence-corrected chi connectivity index (χ1v) is 10.9. The van der Waals surface area contributed by atoms with Gasteiger partial charge in [0.15, 0.2) is 11.6 Å². The molecule has 4 rings (SSSR count). The first-order valence-electron chi connectivity index (χ1n) is 10.9. The summed E-state index contributed by atoms with van der Waals surface area (Å²) in [5.41, 5.74) is 1.88. The van der Waals surface area contributed by atoms with Gasteiger partial charge in [-0.25, -0.2) is 0 Å². The number of hydrogen-bond acceptors (Lipinski definition) is 8. The Labute approximate surface area is 190 Å². The molecule has 1 heterocycles. The summed E-state index contributed by atoms with van der Waals surface area (Å²) in [5, 5.41) is 25.7. The lowest BCUT2D eigenvalue weighted by Gasteiger charge is -2.26. The zero-order chi connectivity index (χ0) is 23.8. The number of hydrogen-bond donors (Lipinski definition) is 1. The van der Waals surface area contributed by atoms with E-state index in [4.69, 9.17) is 4.52 Å². The lowest BCUT2D eigenvalue weighted by Crippen LogP contribution is -2.26. The maximum atomic E-state index is 12.6. The number of carbonyl (C=O) groups excluding carboxylic acids is 2. The lowest BCUT2D eigenvalue weighted by atomic mass is 9.76. The molecule has 1 aromatic carbocycles. The molecule has 0 bridgehead atoms. The predicted molar refractivity (Wildman–Crippen MR) is 120 cm³/mol. The van der Waals surface area contributed by atoms with Crippen LogP contribution in [-0.2, 0) is 17.6 Å². The van der Waals surface area contributed by atoms with Gasteiger partial charge in [0.05, 0.1) is 33.2 Å². The SMILES string of the molecule is CC1(C)CC(=O)c2c(CC/C(O)=C3/C(=O)CCCC3=Nc3ccc([N+](=O)[O-])cc3)noc2C1. The highest BCUT2D eigenvalue weighted by molar-refractivity contribution is 6.24. The number of Topliss-reactive ketones (excluding diaryl/α,β-unsaturated/α-hetero) is 2. The third kappa shape index (κ3) is 4.76. The normalized spacial score (nSPS) is 20.6. The molecule has 0 unspecified atom stereocenters. The van der Waals surface area contributed by atoms with Gasteiger partial charge in [0.2, 0.25) is 0 Å². The van der Waals surface area contributed by atoms with Crippen molar-refractivity contribution in [2.24, 2.45) is 10.4 Å². The van der Waals surface area contributed by atoms with Gasteiger partial charge >= 0.3 is 0 Å². The first-order chi connectivity index (χ1) is 15.6. The topological polar surface area (TPSA) is 136 Å². The number of fused-ring (bicyclic) bond motifs is 1. The van der Waals surface area contributed by atoms with E-state index in [2.05, 4.69) is 10.1 Å². The van der Waals surface area contributed by atoms with E-state index < -0.39 is 4.92 Å². The van der Waals surface area contributed by atoms with Crippen LogP contribution in [0.1, 0.15) is 67.8 Å². The second kappa shape index (κ2) is 8.73. The molecule has 9 nitrogen and oxygen atoms in total. The van der Waals surface area contributed by atoms with E-state index >= 15 is 0 Å². The molecule has 172 valence electrons. The molecule has 1 aromatic heterocycles. The van der Waals surface area contributed by atoms with Crippen LogP contribution < -0.4 is 0 Å². The highest BCUT2D eigenvalue weighted by Gasteiger charge is 2.36. The number of carbonyl (C=O) groups is 2. The molecule has 0 spiro atoms. The van der Waals surface area contributed by atoms with Crippen molar-refractivity contribution in [3.05, 3.63) is 62.7 Å². The van der Waals surface area contributed by atoms with Crippen LogP contribution in [0, 0.1) is 15.5 Å². The number of ketones is 2. The number of aromatic nitrogens is 1. The number of rotatable bonds is 5. The zero-order valence-corrected chi connectivity index (χ0v) is 18.6. The van der Waals surface area contributed by atoms with Gasteiger partial charge in [-0.3, -0.25) is 24.7 Å². The number of benzene rings is 1. The smallest absolute Gasteiger partial charge is 0.269 e. The van der Waals surface area contributed by atoms with E-state index in [0.717, 1.165) is 0 Å². The Balaban J connectivity index is 1.58. The van der Waals surface area contributed by atoms with Gasteiger partial charge in [-0.05, 0) is 30.4 Å². The van der Waals surface area contributed by atoms with Crippen LogP contribution in [0.2, 0.25) is 0 Å². The Morgan fingerprint density at radius 1 is 1.18 bits per heavy atom. The fraction of sp³-hybridized carbons (Fsp3) is 0.417. The molecule has 0 atom stereocenters. The highest BCUT2D eigenvalue weighted by Crippen LogP contribution is 2.36. The number of nitro benzene ring substituents is 1. The third-order valence-corrected chi connectivity index (χ3v) is 5.99. The predicted octanol–water partition coefficient (Wildman–Crippen LogP) is 5.01. The van der Waals surface area contributed by atoms with E-state index in [0.29, 0.717) is 60.5 Å². The van der Waals surface area contributed by atoms with Gasteiger partial charge in [-0.15, -0.1) is 0 Å². The molecule has 2 aromatic rings. The van der Waals surface area contributed by atoms with Gasteiger partial charge in [0.1, 0.15) is 11.5 Å². The molecule has 0 amide bonds. The van der Waals surface area contributed by atoms with Gasteiger partial charge < -0.3 is 9.63 Å². The summed E-state index contributed by atoms with van der Waals surface area (Å²) in [6.07, 6.45) is 2.85. The minimum atomic E-state index is -0.493. The van der Waals surface area contributed by atoms with E-state index in [1.54, 1.807) is 0 Å². The Hall–Kier alpha value is -3.62. The molecule has 33 heavy (non-hydrogen) atoms. The summed E-state index contributed by atoms with van der Waals surface area (Å²) in [4.78, 5) is 40.1. The van der Waals surface area contributed by atoms with Crippen LogP contribution >= 0.6 is 0 Å². The summed E-state index contributed by atoms with van der Waals surface area (Å²) in [6.45, 7) is 4.01. The fourth-order valence-corrected chi connectivity index (χ4v) is 4.42. The molecule has 0 aliphatic heterocycles. The Morgan fingerprint density at radius 3 is 2.61 bits per heavy atom. The van der Waals surface area contributed by atoms with Crippen molar-refractivity contribution in [2.75, 3.05) is 0 Å². The van der Waals surface area contributed by atoms with Crippen molar-refractivity contribution in [2.45, 2.75) is 58.8 Å². The highest BCUT2D eigenvalue weighted by atomic mass is 16.6. The number of aryl methyl sites for hydroxylation is 1. The van der Waals surface area contributed by atoms with E-state index in [-0.39, 0.29) is 46.8 Å². The Morgan fingerprint density at radius 2 is 1.91 bits per heavy atom. The van der Waals surface area contributed by atoms with Crippen LogP contribution in [0.5, 0.6) is 0 Å². The number of non-ortho nitro benzene ring substituents is 1. The van der Waals surface area contributed by atoms with E-state index in [1.807, 2.05) is 13.8 Å². The molecular formula is C24H25N3O6. The summed E-state index contributed by atoms with van der Waals surface area (Å²) in [6, 6.07) is 5.71. The number of nitro groups is 1. The van der Waals surface area contributed by atoms with Crippen molar-refractivity contribution >= 4 is 28.7 Å². The minimum absolute atomic E-state index is 0.0150. The average Bonchev–Trinajstić information content (AvgIpc) is 3.14. The maximum absolute atomic E-state index is 12.6. The second-order valence-corrected chi connectivity index (χ2v) is 9.30. The molecule has 2 aliphatic rings. The van der Waals surface area contributed by atoms with Crippen LogP contribution in [-0.4, -0.2) is 32.5 Å². The number of nitrogens with zero attached hydrogens (tertiary/aromatic N) is 3. The molecule has 1 saturated carbocycles. The Bertz CT molecular complexity index is 1190. The van der Waals surface area contributed by atoms with Crippen molar-refractivity contribution in [3.8, 4) is 0 Å². The molecule has 1 fully saturated rings. The van der Waals surface area contributed by atoms with Gasteiger partial charge in [-0.1, -0.05) is 19.0 Å². The average molecular weight is 451 g/mol. The minimum Gasteiger partial charge on any atom is -0.511 e. The molecular weight excluding hydrogens is 426 g/mol. The van der Waals surface area contributed by atoms with Gasteiger partial charge in [0, 0.05) is 44.2 Å². The Kier molecular flexibility index (Phi) is 5.97. The van der Waals surface area contributed by atoms with Crippen LogP contribution in [0.4, 0.5) is 11.4 Å². The van der Waals surface area contributed by atoms with Crippen molar-refractivity contribution in [1.82, 2.24) is 5.16 Å². The summed E-state index contributed by atoms with van der Waals surface area (Å²) < 4.78 is 5.41. The van der Waals surface area contributed by atoms with Crippen molar-refractivity contribution in [3.63, 3.8) is 0 Å². The zero-order valence-electron chi connectivity index (χ0n) is 18.6. The number of aliphatic hydroxyl groups is 1. The van der Waals surface area contributed by atoms with Crippen LogP contribution in [0.25, 0.3) is 0 Å². The van der Waals surface area contributed by atoms with Gasteiger partial charge in [0.25, 0.3) is 5.69 Å². The molecule has 0 saturated heterocycles. The standard InChI is InChI=1S/C24H25N3O6/c1-24(2)12-20(30)23-17(26-33-21(23)13-24)10-11-19(29)22-16(4-3-5-18(22)28)25-14-6-8-15(9-7-14)27(31)32/h6-9,29H,3-5,10-13H2,1-2H3/b22-19-,25-16?. The van der Waals surface area contributed by atoms with Crippen molar-refractivity contribution in [1.29, 1.82) is 0 Å². The first kappa shape index (κ1) is 22.6. The second-order valence-electron chi connectivity index (χ2n) is 9.30. The largest absolute Gasteiger partial charge is 0.511 e. The number of aliphatic imine (C=N–C) groups is 1. The molecule has 9 heteroatoms. The molecule has 1 N–H and O–H groups in total. The summed E-state index contributed by atoms with van der Waals surface area (Å²) in [7, 11) is 0. The van der Waals surface area contributed by atoms with E-state index in [1.165, 1.54) is 24.3 Å². The fourth-order valence-electron chi connectivity index (χ4n) is 4.42. The summed E-state index contributed by atoms with van der Waals surface area (Å²) >= 11 is 0. The quantitative estimate of drug-likeness (QED) is 0.292. The maximum Gasteiger partial charge on any atom is 0.269 e. The monoisotopic (exact) mass is 451 g/mol. The van der Waals surface area contributed by atoms with E-state index in [9.17, 15) is 24.8 Å². The molecule has 2 aliphatic carbocycles.